The predicted octanol–water partition coefficient (Wildman–Crippen LogP) is 1.59. The number of H-pyrrole nitrogens is 1. The van der Waals surface area contributed by atoms with Gasteiger partial charge in [0.1, 0.15) is 23.5 Å². The van der Waals surface area contributed by atoms with Gasteiger partial charge in [0.05, 0.1) is 0 Å². The number of nitrogens with two attached hydrogens (primary N) is 1. The Morgan fingerprint density at radius 3 is 3.15 bits per heavy atom. The van der Waals surface area contributed by atoms with Crippen molar-refractivity contribution in [3.8, 4) is 5.75 Å². The van der Waals surface area contributed by atoms with Crippen LogP contribution in [-0.4, -0.2) is 21.8 Å². The zero-order chi connectivity index (χ0) is 14.1. The van der Waals surface area contributed by atoms with Gasteiger partial charge in [-0.05, 0) is 18.2 Å². The number of nitrogens with zero attached hydrogens (tertiary/aromatic N) is 1. The standard InChI is InChI=1S/C13H12FN3O2S/c14-8-1-2-10-7(3-8)4-9(19-10)6-20-13-16-11(15)5-12(18)17-13/h1-3,5,9H,4,6H2,(H3,15,16,17,18). The van der Waals surface area contributed by atoms with Gasteiger partial charge in [0.25, 0.3) is 5.56 Å². The van der Waals surface area contributed by atoms with E-state index in [1.165, 1.54) is 30.0 Å². The molecule has 0 amide bonds. The molecule has 3 N–H and O–H groups in total. The maximum absolute atomic E-state index is 13.1. The van der Waals surface area contributed by atoms with Crippen molar-refractivity contribution in [2.24, 2.45) is 0 Å². The summed E-state index contributed by atoms with van der Waals surface area (Å²) in [6, 6.07) is 5.73. The van der Waals surface area contributed by atoms with Crippen LogP contribution in [0.25, 0.3) is 0 Å². The molecule has 1 aliphatic rings. The van der Waals surface area contributed by atoms with Gasteiger partial charge in [0, 0.05) is 23.8 Å². The number of aromatic nitrogens is 2. The fourth-order valence-corrected chi connectivity index (χ4v) is 2.95. The van der Waals surface area contributed by atoms with Crippen LogP contribution in [0.3, 0.4) is 0 Å². The number of thioether (sulfide) groups is 1. The first-order chi connectivity index (χ1) is 9.60. The summed E-state index contributed by atoms with van der Waals surface area (Å²) in [5.41, 5.74) is 6.10. The van der Waals surface area contributed by atoms with Crippen LogP contribution in [0.4, 0.5) is 10.2 Å². The third-order valence-corrected chi connectivity index (χ3v) is 3.91. The van der Waals surface area contributed by atoms with E-state index in [0.29, 0.717) is 23.1 Å². The minimum Gasteiger partial charge on any atom is -0.489 e. The molecule has 2 aromatic rings. The fourth-order valence-electron chi connectivity index (χ4n) is 2.08. The first kappa shape index (κ1) is 13.0. The first-order valence-corrected chi connectivity index (χ1v) is 7.03. The van der Waals surface area contributed by atoms with E-state index in [0.717, 1.165) is 5.56 Å². The highest BCUT2D eigenvalue weighted by molar-refractivity contribution is 7.99. The van der Waals surface area contributed by atoms with E-state index in [9.17, 15) is 9.18 Å². The molecule has 0 spiro atoms. The number of nitrogen functional groups attached to an aromatic ring is 1. The molecule has 20 heavy (non-hydrogen) atoms. The summed E-state index contributed by atoms with van der Waals surface area (Å²) in [5, 5.41) is 0.459. The average Bonchev–Trinajstić information content (AvgIpc) is 2.77. The number of halogens is 1. The van der Waals surface area contributed by atoms with Crippen LogP contribution >= 0.6 is 11.8 Å². The zero-order valence-electron chi connectivity index (χ0n) is 10.4. The van der Waals surface area contributed by atoms with Gasteiger partial charge in [-0.25, -0.2) is 9.37 Å². The number of rotatable bonds is 3. The number of fused-ring (bicyclic) bond motifs is 1. The summed E-state index contributed by atoms with van der Waals surface area (Å²) in [6.07, 6.45) is 0.579. The van der Waals surface area contributed by atoms with E-state index in [2.05, 4.69) is 9.97 Å². The van der Waals surface area contributed by atoms with Crippen molar-refractivity contribution in [2.45, 2.75) is 17.7 Å². The molecule has 1 unspecified atom stereocenters. The molecule has 0 saturated heterocycles. The average molecular weight is 293 g/mol. The first-order valence-electron chi connectivity index (χ1n) is 6.05. The second-order valence-corrected chi connectivity index (χ2v) is 5.49. The van der Waals surface area contributed by atoms with Crippen molar-refractivity contribution in [3.05, 3.63) is 46.0 Å². The van der Waals surface area contributed by atoms with Gasteiger partial charge in [0.2, 0.25) is 0 Å². The lowest BCUT2D eigenvalue weighted by Gasteiger charge is -2.09. The molecule has 3 rings (SSSR count). The van der Waals surface area contributed by atoms with E-state index >= 15 is 0 Å². The molecule has 0 saturated carbocycles. The van der Waals surface area contributed by atoms with Crippen molar-refractivity contribution >= 4 is 17.6 Å². The van der Waals surface area contributed by atoms with Crippen molar-refractivity contribution < 1.29 is 9.13 Å². The summed E-state index contributed by atoms with van der Waals surface area (Å²) < 4.78 is 18.8. The summed E-state index contributed by atoms with van der Waals surface area (Å²) in [7, 11) is 0. The van der Waals surface area contributed by atoms with E-state index in [-0.39, 0.29) is 23.3 Å². The smallest absolute Gasteiger partial charge is 0.253 e. The SMILES string of the molecule is Nc1cc(=O)[nH]c(SCC2Cc3cc(F)ccc3O2)n1. The molecule has 5 nitrogen and oxygen atoms in total. The number of benzene rings is 1. The van der Waals surface area contributed by atoms with Crippen LogP contribution in [0, 0.1) is 5.82 Å². The molecule has 7 heteroatoms. The van der Waals surface area contributed by atoms with Crippen molar-refractivity contribution in [1.82, 2.24) is 9.97 Å². The topological polar surface area (TPSA) is 81.0 Å². The van der Waals surface area contributed by atoms with Gasteiger partial charge in [-0.1, -0.05) is 11.8 Å². The third kappa shape index (κ3) is 2.77. The fraction of sp³-hybridized carbons (Fsp3) is 0.231. The Morgan fingerprint density at radius 2 is 2.35 bits per heavy atom. The molecule has 1 aromatic carbocycles. The summed E-state index contributed by atoms with van der Waals surface area (Å²) >= 11 is 1.36. The molecular weight excluding hydrogens is 281 g/mol. The Bertz CT molecular complexity index is 704. The number of aromatic amines is 1. The minimum atomic E-state index is -0.280. The van der Waals surface area contributed by atoms with E-state index in [1.807, 2.05) is 0 Å². The Kier molecular flexibility index (Phi) is 3.35. The maximum Gasteiger partial charge on any atom is 0.253 e. The number of hydrogen-bond donors (Lipinski definition) is 2. The highest BCUT2D eigenvalue weighted by Gasteiger charge is 2.23. The maximum atomic E-state index is 13.1. The van der Waals surface area contributed by atoms with Crippen LogP contribution in [0.5, 0.6) is 5.75 Å². The van der Waals surface area contributed by atoms with Gasteiger partial charge in [-0.2, -0.15) is 0 Å². The summed E-state index contributed by atoms with van der Waals surface area (Å²) in [6.45, 7) is 0. The minimum absolute atomic E-state index is 0.0662. The van der Waals surface area contributed by atoms with E-state index in [1.54, 1.807) is 6.07 Å². The normalized spacial score (nSPS) is 16.8. The second kappa shape index (κ2) is 5.16. The van der Waals surface area contributed by atoms with Crippen LogP contribution in [0.1, 0.15) is 5.56 Å². The van der Waals surface area contributed by atoms with E-state index in [4.69, 9.17) is 10.5 Å². The Morgan fingerprint density at radius 1 is 1.50 bits per heavy atom. The number of ether oxygens (including phenoxy) is 1. The molecular formula is C13H12FN3O2S. The Labute approximate surface area is 118 Å². The summed E-state index contributed by atoms with van der Waals surface area (Å²) in [4.78, 5) is 17.9. The number of nitrogens with one attached hydrogen (secondary N) is 1. The second-order valence-electron chi connectivity index (χ2n) is 4.48. The molecule has 2 heterocycles. The lowest BCUT2D eigenvalue weighted by molar-refractivity contribution is 0.259. The zero-order valence-corrected chi connectivity index (χ0v) is 11.2. The van der Waals surface area contributed by atoms with Crippen molar-refractivity contribution in [3.63, 3.8) is 0 Å². The van der Waals surface area contributed by atoms with Crippen molar-refractivity contribution in [1.29, 1.82) is 0 Å². The van der Waals surface area contributed by atoms with Crippen LogP contribution < -0.4 is 16.0 Å². The van der Waals surface area contributed by atoms with Gasteiger partial charge in [-0.15, -0.1) is 0 Å². The van der Waals surface area contributed by atoms with Crippen LogP contribution in [0.15, 0.2) is 34.2 Å². The Hall–Kier alpha value is -2.02. The van der Waals surface area contributed by atoms with Gasteiger partial charge in [-0.3, -0.25) is 4.79 Å². The molecule has 0 fully saturated rings. The lowest BCUT2D eigenvalue weighted by atomic mass is 10.1. The molecule has 0 aliphatic carbocycles. The number of hydrogen-bond acceptors (Lipinski definition) is 5. The third-order valence-electron chi connectivity index (χ3n) is 2.91. The molecule has 1 aromatic heterocycles. The van der Waals surface area contributed by atoms with E-state index < -0.39 is 0 Å². The van der Waals surface area contributed by atoms with Crippen molar-refractivity contribution in [2.75, 3.05) is 11.5 Å². The van der Waals surface area contributed by atoms with Gasteiger partial charge < -0.3 is 15.5 Å². The Balaban J connectivity index is 1.65. The number of anilines is 1. The van der Waals surface area contributed by atoms with Gasteiger partial charge in [0.15, 0.2) is 5.16 Å². The molecule has 104 valence electrons. The van der Waals surface area contributed by atoms with Gasteiger partial charge >= 0.3 is 0 Å². The summed E-state index contributed by atoms with van der Waals surface area (Å²) in [5.74, 6) is 1.24. The highest BCUT2D eigenvalue weighted by Crippen LogP contribution is 2.31. The highest BCUT2D eigenvalue weighted by atomic mass is 32.2. The quantitative estimate of drug-likeness (QED) is 0.663. The predicted molar refractivity (Wildman–Crippen MR) is 74.5 cm³/mol. The van der Waals surface area contributed by atoms with Crippen LogP contribution in [-0.2, 0) is 6.42 Å². The largest absolute Gasteiger partial charge is 0.489 e. The molecule has 1 aliphatic heterocycles. The molecule has 1 atom stereocenters. The molecule has 0 radical (unpaired) electrons. The van der Waals surface area contributed by atoms with Crippen LogP contribution in [0.2, 0.25) is 0 Å². The molecule has 0 bridgehead atoms. The lowest BCUT2D eigenvalue weighted by Crippen LogP contribution is -2.17. The monoisotopic (exact) mass is 293 g/mol.